The molecule has 3 nitrogen and oxygen atoms in total. The Bertz CT molecular complexity index is 400. The number of aromatic hydroxyl groups is 1. The molecule has 0 spiro atoms. The summed E-state index contributed by atoms with van der Waals surface area (Å²) >= 11 is 1.86. The van der Waals surface area contributed by atoms with E-state index in [4.69, 9.17) is 0 Å². The van der Waals surface area contributed by atoms with Crippen LogP contribution in [0.25, 0.3) is 0 Å². The van der Waals surface area contributed by atoms with E-state index in [1.54, 1.807) is 25.1 Å². The van der Waals surface area contributed by atoms with Gasteiger partial charge in [-0.2, -0.15) is 11.8 Å². The number of phenols is 1. The minimum absolute atomic E-state index is 0.0825. The summed E-state index contributed by atoms with van der Waals surface area (Å²) in [6.07, 6.45) is 1.04. The zero-order valence-corrected chi connectivity index (χ0v) is 10.0. The Labute approximate surface area is 99.2 Å². The first-order chi connectivity index (χ1) is 7.68. The maximum Gasteiger partial charge on any atom is 0.251 e. The largest absolute Gasteiger partial charge is 0.508 e. The first kappa shape index (κ1) is 11.3. The molecule has 1 aromatic carbocycles. The zero-order chi connectivity index (χ0) is 11.5. The summed E-state index contributed by atoms with van der Waals surface area (Å²) in [6, 6.07) is 5.31. The van der Waals surface area contributed by atoms with Crippen molar-refractivity contribution in [2.24, 2.45) is 0 Å². The smallest absolute Gasteiger partial charge is 0.251 e. The van der Waals surface area contributed by atoms with E-state index in [0.29, 0.717) is 11.1 Å². The van der Waals surface area contributed by atoms with E-state index in [2.05, 4.69) is 5.32 Å². The van der Waals surface area contributed by atoms with Gasteiger partial charge in [-0.1, -0.05) is 6.07 Å². The monoisotopic (exact) mass is 237 g/mol. The first-order valence-electron chi connectivity index (χ1n) is 5.35. The number of benzene rings is 1. The van der Waals surface area contributed by atoms with Crippen LogP contribution in [-0.2, 0) is 0 Å². The Morgan fingerprint density at radius 2 is 2.38 bits per heavy atom. The number of phenolic OH excluding ortho intramolecular Hbond substituents is 1. The molecule has 2 N–H and O–H groups in total. The van der Waals surface area contributed by atoms with Gasteiger partial charge in [0.1, 0.15) is 5.75 Å². The van der Waals surface area contributed by atoms with Gasteiger partial charge in [0.15, 0.2) is 0 Å². The summed E-state index contributed by atoms with van der Waals surface area (Å²) < 4.78 is 0. The van der Waals surface area contributed by atoms with Gasteiger partial charge in [-0.05, 0) is 31.2 Å². The van der Waals surface area contributed by atoms with Crippen molar-refractivity contribution in [1.29, 1.82) is 0 Å². The summed E-state index contributed by atoms with van der Waals surface area (Å²) in [6.45, 7) is 1.76. The maximum absolute atomic E-state index is 11.9. The molecule has 0 saturated carbocycles. The molecular weight excluding hydrogens is 222 g/mol. The third-order valence-corrected chi connectivity index (χ3v) is 3.98. The summed E-state index contributed by atoms with van der Waals surface area (Å²) in [5, 5.41) is 12.5. The number of carbonyl (C=O) groups is 1. The fourth-order valence-corrected chi connectivity index (χ4v) is 2.93. The number of carbonyl (C=O) groups excluding carboxylic acids is 1. The maximum atomic E-state index is 11.9. The molecule has 1 amide bonds. The number of thioether (sulfide) groups is 1. The summed E-state index contributed by atoms with van der Waals surface area (Å²) in [7, 11) is 0. The predicted molar refractivity (Wildman–Crippen MR) is 66.0 cm³/mol. The van der Waals surface area contributed by atoms with Crippen molar-refractivity contribution in [3.63, 3.8) is 0 Å². The van der Waals surface area contributed by atoms with Crippen molar-refractivity contribution in [3.05, 3.63) is 29.3 Å². The van der Waals surface area contributed by atoms with Crippen LogP contribution in [0.2, 0.25) is 0 Å². The zero-order valence-electron chi connectivity index (χ0n) is 9.19. The van der Waals surface area contributed by atoms with Gasteiger partial charge in [-0.25, -0.2) is 0 Å². The van der Waals surface area contributed by atoms with E-state index < -0.39 is 0 Å². The van der Waals surface area contributed by atoms with Gasteiger partial charge >= 0.3 is 0 Å². The Morgan fingerprint density at radius 3 is 3.06 bits per heavy atom. The van der Waals surface area contributed by atoms with Crippen LogP contribution in [0.4, 0.5) is 0 Å². The van der Waals surface area contributed by atoms with Crippen LogP contribution in [0.1, 0.15) is 22.3 Å². The first-order valence-corrected chi connectivity index (χ1v) is 6.51. The predicted octanol–water partition coefficient (Wildman–Crippen LogP) is 1.94. The molecular formula is C12H15NO2S. The quantitative estimate of drug-likeness (QED) is 0.826. The lowest BCUT2D eigenvalue weighted by molar-refractivity contribution is 0.0940. The standard InChI is InChI=1S/C12H15NO2S/c1-8-10(3-2-4-11(8)14)12(15)13-9-5-6-16-7-9/h2-4,9,14H,5-7H2,1H3,(H,13,15). The average molecular weight is 237 g/mol. The van der Waals surface area contributed by atoms with Gasteiger partial charge in [0, 0.05) is 22.9 Å². The van der Waals surface area contributed by atoms with Crippen LogP contribution in [0.15, 0.2) is 18.2 Å². The van der Waals surface area contributed by atoms with Gasteiger partial charge < -0.3 is 10.4 Å². The molecule has 1 unspecified atom stereocenters. The molecule has 0 aromatic heterocycles. The topological polar surface area (TPSA) is 49.3 Å². The molecule has 16 heavy (non-hydrogen) atoms. The molecule has 1 heterocycles. The van der Waals surface area contributed by atoms with E-state index in [9.17, 15) is 9.90 Å². The molecule has 0 aliphatic carbocycles. The Morgan fingerprint density at radius 1 is 1.56 bits per heavy atom. The van der Waals surface area contributed by atoms with Gasteiger partial charge in [0.25, 0.3) is 5.91 Å². The second-order valence-corrected chi connectivity index (χ2v) is 5.13. The van der Waals surface area contributed by atoms with Crippen LogP contribution in [0, 0.1) is 6.92 Å². The Balaban J connectivity index is 2.11. The molecule has 1 aliphatic heterocycles. The fraction of sp³-hybridized carbons (Fsp3) is 0.417. The molecule has 1 saturated heterocycles. The Kier molecular flexibility index (Phi) is 3.39. The third-order valence-electron chi connectivity index (χ3n) is 2.81. The van der Waals surface area contributed by atoms with Crippen LogP contribution in [0.5, 0.6) is 5.75 Å². The molecule has 0 radical (unpaired) electrons. The van der Waals surface area contributed by atoms with Gasteiger partial charge in [-0.3, -0.25) is 4.79 Å². The second-order valence-electron chi connectivity index (χ2n) is 3.98. The average Bonchev–Trinajstić information content (AvgIpc) is 2.74. The molecule has 2 rings (SSSR count). The third kappa shape index (κ3) is 2.32. The molecule has 86 valence electrons. The molecule has 1 aliphatic rings. The SMILES string of the molecule is Cc1c(O)cccc1C(=O)NC1CCSC1. The van der Waals surface area contributed by atoms with Crippen molar-refractivity contribution in [1.82, 2.24) is 5.32 Å². The van der Waals surface area contributed by atoms with Crippen molar-refractivity contribution in [2.45, 2.75) is 19.4 Å². The van der Waals surface area contributed by atoms with Gasteiger partial charge in [0.05, 0.1) is 0 Å². The molecule has 4 heteroatoms. The van der Waals surface area contributed by atoms with E-state index in [1.807, 2.05) is 11.8 Å². The molecule has 1 aromatic rings. The Hall–Kier alpha value is -1.16. The van der Waals surface area contributed by atoms with Gasteiger partial charge in [0.2, 0.25) is 0 Å². The van der Waals surface area contributed by atoms with Crippen LogP contribution >= 0.6 is 11.8 Å². The number of hydrogen-bond donors (Lipinski definition) is 2. The minimum atomic E-state index is -0.0825. The summed E-state index contributed by atoms with van der Waals surface area (Å²) in [5.41, 5.74) is 1.21. The fourth-order valence-electron chi connectivity index (χ4n) is 1.78. The van der Waals surface area contributed by atoms with Crippen LogP contribution in [0.3, 0.4) is 0 Å². The summed E-state index contributed by atoms with van der Waals surface area (Å²) in [5.74, 6) is 2.20. The van der Waals surface area contributed by atoms with E-state index >= 15 is 0 Å². The highest BCUT2D eigenvalue weighted by Gasteiger charge is 2.19. The van der Waals surface area contributed by atoms with Crippen molar-refractivity contribution in [3.8, 4) is 5.75 Å². The number of rotatable bonds is 2. The van der Waals surface area contributed by atoms with Crippen molar-refractivity contribution in [2.75, 3.05) is 11.5 Å². The van der Waals surface area contributed by atoms with E-state index in [0.717, 1.165) is 17.9 Å². The van der Waals surface area contributed by atoms with Crippen molar-refractivity contribution >= 4 is 17.7 Å². The number of nitrogens with one attached hydrogen (secondary N) is 1. The number of hydrogen-bond acceptors (Lipinski definition) is 3. The van der Waals surface area contributed by atoms with Gasteiger partial charge in [-0.15, -0.1) is 0 Å². The lowest BCUT2D eigenvalue weighted by atomic mass is 10.1. The highest BCUT2D eigenvalue weighted by Crippen LogP contribution is 2.21. The molecule has 1 fully saturated rings. The lowest BCUT2D eigenvalue weighted by Crippen LogP contribution is -2.34. The van der Waals surface area contributed by atoms with E-state index in [1.165, 1.54) is 0 Å². The highest BCUT2D eigenvalue weighted by molar-refractivity contribution is 7.99. The normalized spacial score (nSPS) is 19.7. The summed E-state index contributed by atoms with van der Waals surface area (Å²) in [4.78, 5) is 11.9. The lowest BCUT2D eigenvalue weighted by Gasteiger charge is -2.13. The second kappa shape index (κ2) is 4.78. The minimum Gasteiger partial charge on any atom is -0.508 e. The van der Waals surface area contributed by atoms with Crippen LogP contribution < -0.4 is 5.32 Å². The highest BCUT2D eigenvalue weighted by atomic mass is 32.2. The van der Waals surface area contributed by atoms with Crippen molar-refractivity contribution < 1.29 is 9.90 Å². The number of amides is 1. The van der Waals surface area contributed by atoms with Crippen LogP contribution in [-0.4, -0.2) is 28.6 Å². The molecule has 0 bridgehead atoms. The van der Waals surface area contributed by atoms with E-state index in [-0.39, 0.29) is 17.7 Å². The molecule has 1 atom stereocenters.